The smallest absolute Gasteiger partial charge is 0.413 e. The van der Waals surface area contributed by atoms with Gasteiger partial charge in [-0.1, -0.05) is 30.3 Å². The molecule has 4 aromatic rings. The summed E-state index contributed by atoms with van der Waals surface area (Å²) in [6.07, 6.45) is -4.72. The molecule has 2 heterocycles. The first-order valence-electron chi connectivity index (χ1n) is 10.8. The topological polar surface area (TPSA) is 88.8 Å². The number of morpholine rings is 1. The average Bonchev–Trinajstić information content (AvgIpc) is 3.38. The molecule has 1 saturated heterocycles. The lowest BCUT2D eigenvalue weighted by atomic mass is 10.1. The normalized spacial score (nSPS) is 14.4. The van der Waals surface area contributed by atoms with E-state index in [9.17, 15) is 22.8 Å². The van der Waals surface area contributed by atoms with E-state index in [-0.39, 0.29) is 12.4 Å². The third-order valence-electron chi connectivity index (χ3n) is 5.73. The minimum absolute atomic E-state index is 0.249. The highest BCUT2D eigenvalue weighted by atomic mass is 19.4. The van der Waals surface area contributed by atoms with Crippen LogP contribution in [0, 0.1) is 0 Å². The SMILES string of the molecule is O=c1c(N2CCOCC2)c(N(Cc2ccc(-c3nnc(C(F)(F)F)o3)cc2)c2ccccc2)c1=O. The molecule has 0 radical (unpaired) electrons. The molecule has 0 aliphatic carbocycles. The Bertz CT molecular complexity index is 1390. The van der Waals surface area contributed by atoms with Crippen LogP contribution in [0.15, 0.2) is 68.6 Å². The zero-order valence-electron chi connectivity index (χ0n) is 18.3. The van der Waals surface area contributed by atoms with Gasteiger partial charge in [0.25, 0.3) is 10.9 Å². The first kappa shape index (κ1) is 22.8. The van der Waals surface area contributed by atoms with E-state index in [1.54, 1.807) is 29.2 Å². The lowest BCUT2D eigenvalue weighted by Crippen LogP contribution is -2.48. The molecule has 0 N–H and O–H groups in total. The summed E-state index contributed by atoms with van der Waals surface area (Å²) in [7, 11) is 0. The Balaban J connectivity index is 1.46. The first-order valence-corrected chi connectivity index (χ1v) is 10.8. The second kappa shape index (κ2) is 8.99. The third-order valence-corrected chi connectivity index (χ3v) is 5.73. The Kier molecular flexibility index (Phi) is 5.85. The number of hydrogen-bond acceptors (Lipinski definition) is 8. The zero-order chi connectivity index (χ0) is 24.6. The van der Waals surface area contributed by atoms with Gasteiger partial charge in [-0.25, -0.2) is 0 Å². The van der Waals surface area contributed by atoms with Crippen molar-refractivity contribution in [1.29, 1.82) is 0 Å². The maximum atomic E-state index is 12.8. The van der Waals surface area contributed by atoms with E-state index in [0.29, 0.717) is 43.2 Å². The summed E-state index contributed by atoms with van der Waals surface area (Å²) >= 11 is 0. The molecule has 0 spiro atoms. The summed E-state index contributed by atoms with van der Waals surface area (Å²) in [5, 5.41) is 6.51. The minimum atomic E-state index is -4.72. The van der Waals surface area contributed by atoms with Crippen molar-refractivity contribution in [3.8, 4) is 11.5 Å². The summed E-state index contributed by atoms with van der Waals surface area (Å²) in [4.78, 5) is 28.9. The number of halogens is 3. The maximum Gasteiger partial charge on any atom is 0.470 e. The van der Waals surface area contributed by atoms with Crippen LogP contribution in [0.2, 0.25) is 0 Å². The van der Waals surface area contributed by atoms with E-state index < -0.39 is 22.9 Å². The molecule has 35 heavy (non-hydrogen) atoms. The van der Waals surface area contributed by atoms with E-state index in [1.807, 2.05) is 35.2 Å². The standard InChI is InChI=1S/C24H19F3N4O4/c25-24(26,27)23-29-28-22(35-23)16-8-6-15(7-9-16)14-31(17-4-2-1-3-5-17)19-18(20(32)21(19)33)30-10-12-34-13-11-30/h1-9H,10-14H2. The second-order valence-corrected chi connectivity index (χ2v) is 7.98. The van der Waals surface area contributed by atoms with Crippen molar-refractivity contribution in [2.24, 2.45) is 0 Å². The van der Waals surface area contributed by atoms with Gasteiger partial charge in [0, 0.05) is 30.9 Å². The highest BCUT2D eigenvalue weighted by molar-refractivity contribution is 5.81. The predicted molar refractivity (Wildman–Crippen MR) is 121 cm³/mol. The summed E-state index contributed by atoms with van der Waals surface area (Å²) in [6, 6.07) is 15.7. The fourth-order valence-corrected chi connectivity index (χ4v) is 4.00. The molecule has 180 valence electrons. The number of aromatic nitrogens is 2. The van der Waals surface area contributed by atoms with Crippen molar-refractivity contribution in [3.05, 3.63) is 86.5 Å². The quantitative estimate of drug-likeness (QED) is 0.384. The molecule has 0 amide bonds. The summed E-state index contributed by atoms with van der Waals surface area (Å²) in [5.74, 6) is -1.66. The average molecular weight is 484 g/mol. The van der Waals surface area contributed by atoms with Gasteiger partial charge in [-0.3, -0.25) is 9.59 Å². The minimum Gasteiger partial charge on any atom is -0.413 e. The van der Waals surface area contributed by atoms with Crippen molar-refractivity contribution in [2.75, 3.05) is 36.1 Å². The van der Waals surface area contributed by atoms with Crippen molar-refractivity contribution in [2.45, 2.75) is 12.7 Å². The molecular weight excluding hydrogens is 465 g/mol. The van der Waals surface area contributed by atoms with Gasteiger partial charge in [0.15, 0.2) is 0 Å². The van der Waals surface area contributed by atoms with Gasteiger partial charge in [-0.15, -0.1) is 10.2 Å². The Labute approximate surface area is 196 Å². The van der Waals surface area contributed by atoms with Gasteiger partial charge in [0.05, 0.1) is 13.2 Å². The van der Waals surface area contributed by atoms with Crippen LogP contribution in [0.4, 0.5) is 30.2 Å². The molecule has 0 bridgehead atoms. The Morgan fingerprint density at radius 2 is 1.60 bits per heavy atom. The van der Waals surface area contributed by atoms with Gasteiger partial charge in [0.2, 0.25) is 5.89 Å². The Hall–Kier alpha value is -3.99. The number of para-hydroxylation sites is 1. The van der Waals surface area contributed by atoms with Gasteiger partial charge < -0.3 is 19.0 Å². The summed E-state index contributed by atoms with van der Waals surface area (Å²) in [5.41, 5.74) is 1.43. The molecule has 1 aromatic heterocycles. The molecule has 0 atom stereocenters. The predicted octanol–water partition coefficient (Wildman–Crippen LogP) is 3.53. The number of hydrogen-bond donors (Lipinski definition) is 0. The lowest BCUT2D eigenvalue weighted by Gasteiger charge is -2.35. The van der Waals surface area contributed by atoms with E-state index in [4.69, 9.17) is 9.15 Å². The van der Waals surface area contributed by atoms with Gasteiger partial charge >= 0.3 is 12.1 Å². The number of rotatable bonds is 6. The zero-order valence-corrected chi connectivity index (χ0v) is 18.3. The third kappa shape index (κ3) is 4.42. The number of nitrogens with zero attached hydrogens (tertiary/aromatic N) is 4. The number of benzene rings is 2. The van der Waals surface area contributed by atoms with Crippen LogP contribution < -0.4 is 20.7 Å². The summed E-state index contributed by atoms with van der Waals surface area (Å²) in [6.45, 7) is 2.22. The van der Waals surface area contributed by atoms with Crippen LogP contribution >= 0.6 is 0 Å². The molecule has 1 aliphatic rings. The maximum absolute atomic E-state index is 12.8. The number of ether oxygens (including phenoxy) is 1. The second-order valence-electron chi connectivity index (χ2n) is 7.98. The monoisotopic (exact) mass is 484 g/mol. The fraction of sp³-hybridized carbons (Fsp3) is 0.250. The van der Waals surface area contributed by atoms with Gasteiger partial charge in [-0.2, -0.15) is 13.2 Å². The summed E-state index contributed by atoms with van der Waals surface area (Å²) < 4.78 is 48.4. The molecular formula is C24H19F3N4O4. The van der Waals surface area contributed by atoms with Gasteiger partial charge in [-0.05, 0) is 29.8 Å². The van der Waals surface area contributed by atoms with E-state index in [1.165, 1.54) is 0 Å². The van der Waals surface area contributed by atoms with E-state index in [0.717, 1.165) is 11.3 Å². The molecule has 0 saturated carbocycles. The molecule has 3 aromatic carbocycles. The van der Waals surface area contributed by atoms with Crippen LogP contribution in [0.1, 0.15) is 11.5 Å². The highest BCUT2D eigenvalue weighted by Crippen LogP contribution is 2.34. The molecule has 11 heteroatoms. The van der Waals surface area contributed by atoms with Crippen molar-refractivity contribution >= 4 is 17.1 Å². The van der Waals surface area contributed by atoms with E-state index in [2.05, 4.69) is 10.2 Å². The molecule has 1 aliphatic heterocycles. The van der Waals surface area contributed by atoms with Crippen LogP contribution in [-0.4, -0.2) is 36.5 Å². The number of anilines is 3. The van der Waals surface area contributed by atoms with Crippen LogP contribution in [0.5, 0.6) is 0 Å². The molecule has 1 fully saturated rings. The highest BCUT2D eigenvalue weighted by Gasteiger charge is 2.38. The number of alkyl halides is 3. The molecule has 8 nitrogen and oxygen atoms in total. The van der Waals surface area contributed by atoms with Crippen molar-refractivity contribution < 1.29 is 22.3 Å². The van der Waals surface area contributed by atoms with E-state index >= 15 is 0 Å². The first-order chi connectivity index (χ1) is 16.8. The van der Waals surface area contributed by atoms with Gasteiger partial charge in [0.1, 0.15) is 11.4 Å². The Morgan fingerprint density at radius 3 is 2.23 bits per heavy atom. The lowest BCUT2D eigenvalue weighted by molar-refractivity contribution is -0.156. The van der Waals surface area contributed by atoms with Crippen molar-refractivity contribution in [1.82, 2.24) is 10.2 Å². The fourth-order valence-electron chi connectivity index (χ4n) is 4.00. The Morgan fingerprint density at radius 1 is 0.914 bits per heavy atom. The van der Waals surface area contributed by atoms with Crippen LogP contribution in [0.25, 0.3) is 11.5 Å². The van der Waals surface area contributed by atoms with Crippen LogP contribution in [-0.2, 0) is 17.5 Å². The van der Waals surface area contributed by atoms with Crippen LogP contribution in [0.3, 0.4) is 0 Å². The van der Waals surface area contributed by atoms with Crippen molar-refractivity contribution in [3.63, 3.8) is 0 Å². The largest absolute Gasteiger partial charge is 0.470 e. The molecule has 0 unspecified atom stereocenters. The molecule has 5 rings (SSSR count).